The van der Waals surface area contributed by atoms with E-state index in [4.69, 9.17) is 5.11 Å². The number of hydrogen-bond acceptors (Lipinski definition) is 3. The van der Waals surface area contributed by atoms with Gasteiger partial charge in [-0.2, -0.15) is 17.5 Å². The van der Waals surface area contributed by atoms with Gasteiger partial charge >= 0.3 is 12.3 Å². The van der Waals surface area contributed by atoms with Crippen LogP contribution in [-0.2, 0) is 22.0 Å². The number of carboxylic acid groups (broad SMARTS) is 1. The zero-order chi connectivity index (χ0) is 17.8. The Morgan fingerprint density at radius 3 is 2.38 bits per heavy atom. The SMILES string of the molecule is O=C(O)N1CC2(CCN2S(=O)(=O)Cc2ccccc2C(F)(F)F)C1. The van der Waals surface area contributed by atoms with Crippen LogP contribution in [0.5, 0.6) is 0 Å². The first kappa shape index (κ1) is 17.0. The maximum Gasteiger partial charge on any atom is 0.416 e. The maximum atomic E-state index is 13.0. The summed E-state index contributed by atoms with van der Waals surface area (Å²) in [6, 6.07) is 4.58. The number of amides is 1. The minimum Gasteiger partial charge on any atom is -0.465 e. The molecule has 2 saturated heterocycles. The Kier molecular flexibility index (Phi) is 3.79. The molecule has 6 nitrogen and oxygen atoms in total. The fraction of sp³-hybridized carbons (Fsp3) is 0.500. The molecule has 0 saturated carbocycles. The second kappa shape index (κ2) is 5.35. The summed E-state index contributed by atoms with van der Waals surface area (Å²) in [5.74, 6) is -0.752. The summed E-state index contributed by atoms with van der Waals surface area (Å²) in [5, 5.41) is 8.87. The third-order valence-electron chi connectivity index (χ3n) is 4.55. The van der Waals surface area contributed by atoms with Crippen molar-refractivity contribution in [2.45, 2.75) is 23.9 Å². The standard InChI is InChI=1S/C14H15F3N2O4S/c15-14(16,17)11-4-2-1-3-10(11)7-24(22,23)19-6-5-13(19)8-18(9-13)12(20)21/h1-4H,5-9H2,(H,20,21). The van der Waals surface area contributed by atoms with Gasteiger partial charge in [-0.1, -0.05) is 18.2 Å². The van der Waals surface area contributed by atoms with E-state index in [1.54, 1.807) is 0 Å². The number of carbonyl (C=O) groups is 1. The van der Waals surface area contributed by atoms with Crippen molar-refractivity contribution >= 4 is 16.1 Å². The third kappa shape index (κ3) is 2.73. The van der Waals surface area contributed by atoms with E-state index in [-0.39, 0.29) is 25.2 Å². The Balaban J connectivity index is 1.80. The molecule has 0 bridgehead atoms. The van der Waals surface area contributed by atoms with Crippen LogP contribution in [0.4, 0.5) is 18.0 Å². The maximum absolute atomic E-state index is 13.0. The first-order valence-electron chi connectivity index (χ1n) is 7.19. The average Bonchev–Trinajstić information content (AvgIpc) is 2.33. The van der Waals surface area contributed by atoms with Crippen LogP contribution in [0, 0.1) is 0 Å². The Morgan fingerprint density at radius 1 is 1.25 bits per heavy atom. The number of nitrogens with zero attached hydrogens (tertiary/aromatic N) is 2. The molecular formula is C14H15F3N2O4S. The van der Waals surface area contributed by atoms with Crippen molar-refractivity contribution in [3.63, 3.8) is 0 Å². The summed E-state index contributed by atoms with van der Waals surface area (Å²) in [6.45, 7) is 0.314. The van der Waals surface area contributed by atoms with Gasteiger partial charge in [-0.05, 0) is 18.1 Å². The van der Waals surface area contributed by atoms with E-state index in [1.165, 1.54) is 12.1 Å². The number of hydrogen-bond donors (Lipinski definition) is 1. The topological polar surface area (TPSA) is 77.9 Å². The lowest BCUT2D eigenvalue weighted by Crippen LogP contribution is -2.78. The van der Waals surface area contributed by atoms with Gasteiger partial charge in [0, 0.05) is 19.6 Å². The van der Waals surface area contributed by atoms with Crippen molar-refractivity contribution < 1.29 is 31.5 Å². The summed E-state index contributed by atoms with van der Waals surface area (Å²) in [4.78, 5) is 11.9. The lowest BCUT2D eigenvalue weighted by Gasteiger charge is -2.60. The van der Waals surface area contributed by atoms with Crippen LogP contribution < -0.4 is 0 Å². The molecule has 0 unspecified atom stereocenters. The Hall–Kier alpha value is -1.81. The van der Waals surface area contributed by atoms with Crippen molar-refractivity contribution in [2.24, 2.45) is 0 Å². The molecule has 2 heterocycles. The monoisotopic (exact) mass is 364 g/mol. The molecule has 24 heavy (non-hydrogen) atoms. The number of rotatable bonds is 3. The molecule has 3 rings (SSSR count). The highest BCUT2D eigenvalue weighted by molar-refractivity contribution is 7.88. The van der Waals surface area contributed by atoms with Gasteiger partial charge in [0.05, 0.1) is 16.9 Å². The molecule has 0 aromatic heterocycles. The fourth-order valence-electron chi connectivity index (χ4n) is 3.27. The van der Waals surface area contributed by atoms with Gasteiger partial charge in [-0.15, -0.1) is 0 Å². The highest BCUT2D eigenvalue weighted by Crippen LogP contribution is 2.42. The van der Waals surface area contributed by atoms with Gasteiger partial charge in [-0.3, -0.25) is 0 Å². The fourth-order valence-corrected chi connectivity index (χ4v) is 5.23. The normalized spacial score (nSPS) is 20.5. The number of sulfonamides is 1. The first-order valence-corrected chi connectivity index (χ1v) is 8.80. The molecule has 0 aliphatic carbocycles. The van der Waals surface area contributed by atoms with Crippen molar-refractivity contribution in [2.75, 3.05) is 19.6 Å². The van der Waals surface area contributed by atoms with Gasteiger partial charge in [0.15, 0.2) is 0 Å². The number of likely N-dealkylation sites (tertiary alicyclic amines) is 1. The predicted octanol–water partition coefficient (Wildman–Crippen LogP) is 1.97. The molecule has 0 radical (unpaired) electrons. The summed E-state index contributed by atoms with van der Waals surface area (Å²) in [6.07, 6.45) is -5.25. The molecule has 10 heteroatoms. The molecular weight excluding hydrogens is 349 g/mol. The summed E-state index contributed by atoms with van der Waals surface area (Å²) in [5.41, 5.74) is -2.06. The molecule has 1 N–H and O–H groups in total. The average molecular weight is 364 g/mol. The van der Waals surface area contributed by atoms with Crippen LogP contribution in [0.2, 0.25) is 0 Å². The van der Waals surface area contributed by atoms with Gasteiger partial charge in [-0.25, -0.2) is 13.2 Å². The van der Waals surface area contributed by atoms with Gasteiger partial charge in [0.1, 0.15) is 0 Å². The van der Waals surface area contributed by atoms with Crippen LogP contribution in [0.25, 0.3) is 0 Å². The second-order valence-corrected chi connectivity index (χ2v) is 7.99. The van der Waals surface area contributed by atoms with E-state index in [0.717, 1.165) is 21.3 Å². The van der Waals surface area contributed by atoms with Crippen LogP contribution >= 0.6 is 0 Å². The van der Waals surface area contributed by atoms with E-state index in [0.29, 0.717) is 6.42 Å². The lowest BCUT2D eigenvalue weighted by molar-refractivity contribution is -0.138. The zero-order valence-corrected chi connectivity index (χ0v) is 13.3. The molecule has 1 aromatic carbocycles. The van der Waals surface area contributed by atoms with Crippen molar-refractivity contribution in [1.29, 1.82) is 0 Å². The molecule has 2 aliphatic rings. The van der Waals surface area contributed by atoms with Crippen LogP contribution in [0.1, 0.15) is 17.5 Å². The predicted molar refractivity (Wildman–Crippen MR) is 77.7 cm³/mol. The van der Waals surface area contributed by atoms with E-state index < -0.39 is 39.1 Å². The van der Waals surface area contributed by atoms with Crippen molar-refractivity contribution in [3.8, 4) is 0 Å². The van der Waals surface area contributed by atoms with Gasteiger partial charge in [0.2, 0.25) is 10.0 Å². The minimum absolute atomic E-state index is 0.0580. The minimum atomic E-state index is -4.63. The Labute approximate surface area is 136 Å². The smallest absolute Gasteiger partial charge is 0.416 e. The first-order chi connectivity index (χ1) is 11.1. The number of benzene rings is 1. The Morgan fingerprint density at radius 2 is 1.88 bits per heavy atom. The second-order valence-electron chi connectivity index (χ2n) is 6.10. The summed E-state index contributed by atoms with van der Waals surface area (Å²) >= 11 is 0. The number of halogens is 3. The zero-order valence-electron chi connectivity index (χ0n) is 12.5. The summed E-state index contributed by atoms with van der Waals surface area (Å²) < 4.78 is 65.3. The molecule has 1 aromatic rings. The largest absolute Gasteiger partial charge is 0.465 e. The van der Waals surface area contributed by atoms with E-state index in [9.17, 15) is 26.4 Å². The molecule has 132 valence electrons. The van der Waals surface area contributed by atoms with E-state index >= 15 is 0 Å². The molecule has 2 fully saturated rings. The molecule has 1 amide bonds. The van der Waals surface area contributed by atoms with E-state index in [1.807, 2.05) is 0 Å². The highest BCUT2D eigenvalue weighted by atomic mass is 32.2. The quantitative estimate of drug-likeness (QED) is 0.890. The van der Waals surface area contributed by atoms with Crippen molar-refractivity contribution in [1.82, 2.24) is 9.21 Å². The Bertz CT molecular complexity index is 772. The van der Waals surface area contributed by atoms with Crippen LogP contribution in [-0.4, -0.2) is 54.0 Å². The lowest BCUT2D eigenvalue weighted by atomic mass is 9.80. The molecule has 2 aliphatic heterocycles. The van der Waals surface area contributed by atoms with Crippen LogP contribution in [0.3, 0.4) is 0 Å². The van der Waals surface area contributed by atoms with Gasteiger partial charge in [0.25, 0.3) is 0 Å². The molecule has 1 spiro atoms. The number of alkyl halides is 3. The third-order valence-corrected chi connectivity index (χ3v) is 6.46. The van der Waals surface area contributed by atoms with E-state index in [2.05, 4.69) is 0 Å². The highest BCUT2D eigenvalue weighted by Gasteiger charge is 2.59. The molecule has 0 atom stereocenters. The van der Waals surface area contributed by atoms with Crippen molar-refractivity contribution in [3.05, 3.63) is 35.4 Å². The van der Waals surface area contributed by atoms with Crippen LogP contribution in [0.15, 0.2) is 24.3 Å². The summed E-state index contributed by atoms with van der Waals surface area (Å²) in [7, 11) is -3.96. The van der Waals surface area contributed by atoms with Gasteiger partial charge < -0.3 is 10.0 Å².